The second-order valence-corrected chi connectivity index (χ2v) is 4.06. The SMILES string of the molecule is CCOC(C)CC(C)(C)OC(=O)CC. The number of ether oxygens (including phenoxy) is 2. The molecule has 0 heterocycles. The van der Waals surface area contributed by atoms with E-state index in [-0.39, 0.29) is 12.1 Å². The Morgan fingerprint density at radius 1 is 1.36 bits per heavy atom. The fraction of sp³-hybridized carbons (Fsp3) is 0.909. The topological polar surface area (TPSA) is 35.5 Å². The van der Waals surface area contributed by atoms with Crippen LogP contribution in [0.25, 0.3) is 0 Å². The van der Waals surface area contributed by atoms with Crippen LogP contribution in [0.5, 0.6) is 0 Å². The van der Waals surface area contributed by atoms with Crippen LogP contribution in [-0.2, 0) is 14.3 Å². The van der Waals surface area contributed by atoms with Gasteiger partial charge in [0.1, 0.15) is 5.60 Å². The Morgan fingerprint density at radius 2 is 1.93 bits per heavy atom. The van der Waals surface area contributed by atoms with Crippen LogP contribution in [0.3, 0.4) is 0 Å². The summed E-state index contributed by atoms with van der Waals surface area (Å²) in [5, 5.41) is 0. The van der Waals surface area contributed by atoms with E-state index < -0.39 is 5.60 Å². The van der Waals surface area contributed by atoms with Crippen LogP contribution in [0.4, 0.5) is 0 Å². The van der Waals surface area contributed by atoms with Crippen molar-refractivity contribution in [2.75, 3.05) is 6.61 Å². The van der Waals surface area contributed by atoms with E-state index in [4.69, 9.17) is 9.47 Å². The quantitative estimate of drug-likeness (QED) is 0.621. The van der Waals surface area contributed by atoms with Crippen molar-refractivity contribution in [2.24, 2.45) is 0 Å². The van der Waals surface area contributed by atoms with Crippen LogP contribution >= 0.6 is 0 Å². The van der Waals surface area contributed by atoms with Crippen molar-refractivity contribution in [2.45, 2.75) is 59.2 Å². The molecule has 0 amide bonds. The van der Waals surface area contributed by atoms with Crippen LogP contribution in [0.1, 0.15) is 47.5 Å². The van der Waals surface area contributed by atoms with Gasteiger partial charge < -0.3 is 9.47 Å². The molecular formula is C11H22O3. The molecule has 0 saturated carbocycles. The first-order valence-corrected chi connectivity index (χ1v) is 5.24. The summed E-state index contributed by atoms with van der Waals surface area (Å²) in [6.07, 6.45) is 1.28. The molecule has 0 radical (unpaired) electrons. The largest absolute Gasteiger partial charge is 0.460 e. The molecule has 0 aromatic rings. The summed E-state index contributed by atoms with van der Waals surface area (Å²) in [6.45, 7) is 10.3. The molecule has 0 N–H and O–H groups in total. The molecule has 1 unspecified atom stereocenters. The van der Waals surface area contributed by atoms with Gasteiger partial charge in [0.05, 0.1) is 6.10 Å². The third-order valence-corrected chi connectivity index (χ3v) is 1.91. The van der Waals surface area contributed by atoms with Crippen molar-refractivity contribution in [3.63, 3.8) is 0 Å². The molecule has 0 aromatic carbocycles. The average Bonchev–Trinajstić information content (AvgIpc) is 2.02. The zero-order valence-corrected chi connectivity index (χ0v) is 9.92. The van der Waals surface area contributed by atoms with E-state index in [1.807, 2.05) is 27.7 Å². The lowest BCUT2D eigenvalue weighted by Crippen LogP contribution is -2.32. The standard InChI is InChI=1S/C11H22O3/c1-6-10(12)14-11(4,5)8-9(3)13-7-2/h9H,6-8H2,1-5H3. The highest BCUT2D eigenvalue weighted by Gasteiger charge is 2.24. The van der Waals surface area contributed by atoms with Gasteiger partial charge in [0.15, 0.2) is 0 Å². The molecule has 0 fully saturated rings. The minimum absolute atomic E-state index is 0.125. The predicted octanol–water partition coefficient (Wildman–Crippen LogP) is 2.53. The van der Waals surface area contributed by atoms with Crippen LogP contribution in [-0.4, -0.2) is 24.3 Å². The third-order valence-electron chi connectivity index (χ3n) is 1.91. The second-order valence-electron chi connectivity index (χ2n) is 4.06. The van der Waals surface area contributed by atoms with Gasteiger partial charge in [0, 0.05) is 19.4 Å². The maximum Gasteiger partial charge on any atom is 0.306 e. The van der Waals surface area contributed by atoms with Crippen molar-refractivity contribution in [3.05, 3.63) is 0 Å². The highest BCUT2D eigenvalue weighted by molar-refractivity contribution is 5.69. The summed E-state index contributed by atoms with van der Waals surface area (Å²) in [7, 11) is 0. The van der Waals surface area contributed by atoms with Crippen LogP contribution in [0.2, 0.25) is 0 Å². The number of rotatable bonds is 6. The summed E-state index contributed by atoms with van der Waals surface area (Å²) in [6, 6.07) is 0. The highest BCUT2D eigenvalue weighted by atomic mass is 16.6. The van der Waals surface area contributed by atoms with E-state index in [0.29, 0.717) is 13.0 Å². The summed E-state index contributed by atoms with van der Waals surface area (Å²) < 4.78 is 10.7. The summed E-state index contributed by atoms with van der Waals surface area (Å²) >= 11 is 0. The van der Waals surface area contributed by atoms with Gasteiger partial charge in [-0.15, -0.1) is 0 Å². The number of esters is 1. The number of carbonyl (C=O) groups is 1. The molecule has 0 saturated heterocycles. The summed E-state index contributed by atoms with van der Waals surface area (Å²) in [5.41, 5.74) is -0.429. The highest BCUT2D eigenvalue weighted by Crippen LogP contribution is 2.19. The molecule has 0 rings (SSSR count). The maximum absolute atomic E-state index is 11.1. The lowest BCUT2D eigenvalue weighted by Gasteiger charge is -2.27. The summed E-state index contributed by atoms with van der Waals surface area (Å²) in [5.74, 6) is -0.154. The van der Waals surface area contributed by atoms with Crippen LogP contribution < -0.4 is 0 Å². The van der Waals surface area contributed by atoms with E-state index in [1.54, 1.807) is 6.92 Å². The van der Waals surface area contributed by atoms with Gasteiger partial charge in [0.2, 0.25) is 0 Å². The number of hydrogen-bond donors (Lipinski definition) is 0. The van der Waals surface area contributed by atoms with Crippen LogP contribution in [0, 0.1) is 0 Å². The number of hydrogen-bond acceptors (Lipinski definition) is 3. The van der Waals surface area contributed by atoms with Crippen molar-refractivity contribution in [1.82, 2.24) is 0 Å². The Balaban J connectivity index is 3.99. The molecule has 0 spiro atoms. The minimum atomic E-state index is -0.429. The Labute approximate surface area is 86.8 Å². The van der Waals surface area contributed by atoms with Gasteiger partial charge >= 0.3 is 5.97 Å². The monoisotopic (exact) mass is 202 g/mol. The minimum Gasteiger partial charge on any atom is -0.460 e. The van der Waals surface area contributed by atoms with Crippen molar-refractivity contribution in [3.8, 4) is 0 Å². The van der Waals surface area contributed by atoms with E-state index in [1.165, 1.54) is 0 Å². The molecule has 1 atom stereocenters. The molecule has 0 bridgehead atoms. The molecule has 84 valence electrons. The Hall–Kier alpha value is -0.570. The van der Waals surface area contributed by atoms with Gasteiger partial charge in [-0.2, -0.15) is 0 Å². The lowest BCUT2D eigenvalue weighted by atomic mass is 10.0. The molecule has 14 heavy (non-hydrogen) atoms. The number of carbonyl (C=O) groups excluding carboxylic acids is 1. The lowest BCUT2D eigenvalue weighted by molar-refractivity contribution is -0.159. The second kappa shape index (κ2) is 6.02. The molecule has 3 heteroatoms. The van der Waals surface area contributed by atoms with Gasteiger partial charge in [-0.05, 0) is 27.7 Å². The Bertz CT molecular complexity index is 175. The maximum atomic E-state index is 11.1. The van der Waals surface area contributed by atoms with Gasteiger partial charge in [-0.25, -0.2) is 0 Å². The Kier molecular flexibility index (Phi) is 5.77. The van der Waals surface area contributed by atoms with Crippen molar-refractivity contribution in [1.29, 1.82) is 0 Å². The summed E-state index contributed by atoms with van der Waals surface area (Å²) in [4.78, 5) is 11.1. The molecule has 0 aliphatic carbocycles. The first kappa shape index (κ1) is 13.4. The van der Waals surface area contributed by atoms with E-state index in [9.17, 15) is 4.79 Å². The van der Waals surface area contributed by atoms with E-state index in [0.717, 1.165) is 6.42 Å². The van der Waals surface area contributed by atoms with Gasteiger partial charge in [-0.3, -0.25) is 4.79 Å². The first-order valence-electron chi connectivity index (χ1n) is 5.24. The average molecular weight is 202 g/mol. The molecule has 0 aromatic heterocycles. The van der Waals surface area contributed by atoms with Crippen molar-refractivity contribution < 1.29 is 14.3 Å². The zero-order chi connectivity index (χ0) is 11.2. The smallest absolute Gasteiger partial charge is 0.306 e. The molecule has 3 nitrogen and oxygen atoms in total. The predicted molar refractivity (Wildman–Crippen MR) is 56.2 cm³/mol. The van der Waals surface area contributed by atoms with E-state index in [2.05, 4.69) is 0 Å². The molecule has 0 aliphatic rings. The Morgan fingerprint density at radius 3 is 2.36 bits per heavy atom. The fourth-order valence-corrected chi connectivity index (χ4v) is 1.46. The first-order chi connectivity index (χ1) is 6.41. The fourth-order valence-electron chi connectivity index (χ4n) is 1.46. The third kappa shape index (κ3) is 5.97. The molecule has 0 aliphatic heterocycles. The molecular weight excluding hydrogens is 180 g/mol. The van der Waals surface area contributed by atoms with Crippen molar-refractivity contribution >= 4 is 5.97 Å². The van der Waals surface area contributed by atoms with Crippen LogP contribution in [0.15, 0.2) is 0 Å². The van der Waals surface area contributed by atoms with Gasteiger partial charge in [0.25, 0.3) is 0 Å². The normalized spacial score (nSPS) is 13.8. The van der Waals surface area contributed by atoms with Gasteiger partial charge in [-0.1, -0.05) is 6.92 Å². The van der Waals surface area contributed by atoms with E-state index >= 15 is 0 Å². The zero-order valence-electron chi connectivity index (χ0n) is 9.92.